The molecule has 5 heteroatoms. The molecule has 2 rings (SSSR count). The van der Waals surface area contributed by atoms with Crippen LogP contribution in [0.3, 0.4) is 0 Å². The van der Waals surface area contributed by atoms with Crippen molar-refractivity contribution in [3.63, 3.8) is 0 Å². The van der Waals surface area contributed by atoms with Crippen LogP contribution in [0, 0.1) is 11.2 Å². The first-order valence-corrected chi connectivity index (χ1v) is 5.20. The minimum atomic E-state index is -0.902. The molecule has 1 saturated heterocycles. The molecule has 0 radical (unpaired) electrons. The van der Waals surface area contributed by atoms with Gasteiger partial charge in [-0.1, -0.05) is 0 Å². The smallest absolute Gasteiger partial charge is 0.176 e. The molecule has 1 aromatic carbocycles. The Kier molecular flexibility index (Phi) is 3.13. The second-order valence-corrected chi connectivity index (χ2v) is 4.11. The third-order valence-corrected chi connectivity index (χ3v) is 2.96. The molecule has 1 aromatic rings. The summed E-state index contributed by atoms with van der Waals surface area (Å²) >= 11 is 0. The molecule has 4 nitrogen and oxygen atoms in total. The summed E-state index contributed by atoms with van der Waals surface area (Å²) in [5.74, 6) is -0.802. The molecule has 0 atom stereocenters. The van der Waals surface area contributed by atoms with Crippen LogP contribution in [0.5, 0.6) is 5.75 Å². The van der Waals surface area contributed by atoms with Gasteiger partial charge in [-0.25, -0.2) is 4.39 Å². The number of hydrogen-bond donors (Lipinski definition) is 1. The zero-order valence-electron chi connectivity index (χ0n) is 9.40. The Labute approximate surface area is 98.0 Å². The molecule has 1 N–H and O–H groups in total. The van der Waals surface area contributed by atoms with Gasteiger partial charge in [-0.3, -0.25) is 4.79 Å². The van der Waals surface area contributed by atoms with Gasteiger partial charge in [0.2, 0.25) is 0 Å². The monoisotopic (exact) mass is 240 g/mol. The van der Waals surface area contributed by atoms with E-state index in [-0.39, 0.29) is 36.9 Å². The summed E-state index contributed by atoms with van der Waals surface area (Å²) in [6, 6.07) is 4.00. The van der Waals surface area contributed by atoms with Crippen LogP contribution in [0.4, 0.5) is 4.39 Å². The van der Waals surface area contributed by atoms with Gasteiger partial charge in [0.15, 0.2) is 17.3 Å². The third kappa shape index (κ3) is 1.92. The van der Waals surface area contributed by atoms with Crippen molar-refractivity contribution >= 4 is 5.78 Å². The maximum atomic E-state index is 13.5. The highest BCUT2D eigenvalue weighted by Gasteiger charge is 2.45. The van der Waals surface area contributed by atoms with Gasteiger partial charge >= 0.3 is 0 Å². The summed E-state index contributed by atoms with van der Waals surface area (Å²) in [6.07, 6.45) is 0. The summed E-state index contributed by atoms with van der Waals surface area (Å²) in [4.78, 5) is 12.1. The number of halogens is 1. The lowest BCUT2D eigenvalue weighted by Crippen LogP contribution is -2.51. The highest BCUT2D eigenvalue weighted by molar-refractivity contribution is 6.01. The van der Waals surface area contributed by atoms with Crippen molar-refractivity contribution in [2.45, 2.75) is 0 Å². The van der Waals surface area contributed by atoms with Gasteiger partial charge in [-0.2, -0.15) is 0 Å². The number of carbonyl (C=O) groups excluding carboxylic acids is 1. The van der Waals surface area contributed by atoms with Gasteiger partial charge in [0, 0.05) is 5.56 Å². The minimum absolute atomic E-state index is 0.0875. The van der Waals surface area contributed by atoms with Crippen LogP contribution >= 0.6 is 0 Å². The lowest BCUT2D eigenvalue weighted by Gasteiger charge is -2.38. The highest BCUT2D eigenvalue weighted by atomic mass is 19.1. The van der Waals surface area contributed by atoms with E-state index in [9.17, 15) is 14.3 Å². The Balaban J connectivity index is 2.28. The highest BCUT2D eigenvalue weighted by Crippen LogP contribution is 2.32. The molecular formula is C12H13FO4. The molecule has 0 saturated carbocycles. The summed E-state index contributed by atoms with van der Waals surface area (Å²) in [5.41, 5.74) is -0.679. The van der Waals surface area contributed by atoms with Gasteiger partial charge in [0.05, 0.1) is 26.9 Å². The largest absolute Gasteiger partial charge is 0.494 e. The molecule has 0 unspecified atom stereocenters. The summed E-state index contributed by atoms with van der Waals surface area (Å²) in [7, 11) is 1.36. The maximum Gasteiger partial charge on any atom is 0.176 e. The molecule has 17 heavy (non-hydrogen) atoms. The van der Waals surface area contributed by atoms with Crippen LogP contribution in [0.25, 0.3) is 0 Å². The SMILES string of the molecule is COc1ccc(C(=O)C2(CO)COC2)cc1F. The molecule has 1 aliphatic heterocycles. The second kappa shape index (κ2) is 4.43. The van der Waals surface area contributed by atoms with E-state index < -0.39 is 11.2 Å². The lowest BCUT2D eigenvalue weighted by atomic mass is 9.79. The third-order valence-electron chi connectivity index (χ3n) is 2.96. The van der Waals surface area contributed by atoms with Crippen molar-refractivity contribution in [2.75, 3.05) is 26.9 Å². The lowest BCUT2D eigenvalue weighted by molar-refractivity contribution is -0.109. The van der Waals surface area contributed by atoms with Gasteiger partial charge < -0.3 is 14.6 Å². The number of rotatable bonds is 4. The topological polar surface area (TPSA) is 55.8 Å². The van der Waals surface area contributed by atoms with E-state index in [1.807, 2.05) is 0 Å². The average Bonchev–Trinajstić information content (AvgIpc) is 2.28. The van der Waals surface area contributed by atoms with Crippen molar-refractivity contribution in [3.8, 4) is 5.75 Å². The van der Waals surface area contributed by atoms with Gasteiger partial charge in [-0.05, 0) is 18.2 Å². The molecule has 92 valence electrons. The Bertz CT molecular complexity index is 435. The van der Waals surface area contributed by atoms with Crippen LogP contribution in [-0.2, 0) is 4.74 Å². The zero-order valence-corrected chi connectivity index (χ0v) is 9.40. The number of benzene rings is 1. The number of hydrogen-bond acceptors (Lipinski definition) is 4. The maximum absolute atomic E-state index is 13.5. The molecule has 0 bridgehead atoms. The fourth-order valence-corrected chi connectivity index (χ4v) is 1.76. The van der Waals surface area contributed by atoms with E-state index in [2.05, 4.69) is 0 Å². The number of aliphatic hydroxyl groups excluding tert-OH is 1. The first kappa shape index (κ1) is 12.0. The molecule has 1 heterocycles. The fraction of sp³-hybridized carbons (Fsp3) is 0.417. The quantitative estimate of drug-likeness (QED) is 0.798. The Hall–Kier alpha value is -1.46. The summed E-state index contributed by atoms with van der Waals surface area (Å²) in [6.45, 7) is 0.0610. The standard InChI is InChI=1S/C12H13FO4/c1-16-10-3-2-8(4-9(10)13)11(15)12(5-14)6-17-7-12/h2-4,14H,5-7H2,1H3. The molecule has 0 spiro atoms. The number of aliphatic hydroxyl groups is 1. The van der Waals surface area contributed by atoms with E-state index in [1.165, 1.54) is 19.2 Å². The van der Waals surface area contributed by atoms with E-state index in [0.717, 1.165) is 6.07 Å². The normalized spacial score (nSPS) is 17.4. The predicted octanol–water partition coefficient (Wildman–Crippen LogP) is 1.03. The Morgan fingerprint density at radius 2 is 2.29 bits per heavy atom. The molecule has 1 aliphatic rings. The van der Waals surface area contributed by atoms with E-state index >= 15 is 0 Å². The van der Waals surface area contributed by atoms with Crippen LogP contribution < -0.4 is 4.74 Å². The van der Waals surface area contributed by atoms with E-state index in [0.29, 0.717) is 0 Å². The van der Waals surface area contributed by atoms with Crippen molar-refractivity contribution in [1.29, 1.82) is 0 Å². The van der Waals surface area contributed by atoms with E-state index in [4.69, 9.17) is 9.47 Å². The molecule has 0 aliphatic carbocycles. The van der Waals surface area contributed by atoms with E-state index in [1.54, 1.807) is 0 Å². The van der Waals surface area contributed by atoms with Crippen LogP contribution in [0.2, 0.25) is 0 Å². The zero-order chi connectivity index (χ0) is 12.5. The van der Waals surface area contributed by atoms with Crippen molar-refractivity contribution in [2.24, 2.45) is 5.41 Å². The van der Waals surface area contributed by atoms with Crippen LogP contribution in [-0.4, -0.2) is 37.8 Å². The molecule has 0 aromatic heterocycles. The molecule has 0 amide bonds. The van der Waals surface area contributed by atoms with Crippen molar-refractivity contribution in [1.82, 2.24) is 0 Å². The fourth-order valence-electron chi connectivity index (χ4n) is 1.76. The van der Waals surface area contributed by atoms with Gasteiger partial charge in [0.1, 0.15) is 5.41 Å². The number of ketones is 1. The number of carbonyl (C=O) groups is 1. The Morgan fingerprint density at radius 3 is 2.71 bits per heavy atom. The average molecular weight is 240 g/mol. The summed E-state index contributed by atoms with van der Waals surface area (Å²) < 4.78 is 23.2. The Morgan fingerprint density at radius 1 is 1.59 bits per heavy atom. The number of Topliss-reactive ketones (excluding diaryl/α,β-unsaturated/α-hetero) is 1. The molecular weight excluding hydrogens is 227 g/mol. The van der Waals surface area contributed by atoms with Crippen LogP contribution in [0.1, 0.15) is 10.4 Å². The van der Waals surface area contributed by atoms with Crippen molar-refractivity contribution in [3.05, 3.63) is 29.6 Å². The second-order valence-electron chi connectivity index (χ2n) is 4.11. The predicted molar refractivity (Wildman–Crippen MR) is 57.6 cm³/mol. The minimum Gasteiger partial charge on any atom is -0.494 e. The first-order valence-electron chi connectivity index (χ1n) is 5.20. The number of methoxy groups -OCH3 is 1. The van der Waals surface area contributed by atoms with Crippen LogP contribution in [0.15, 0.2) is 18.2 Å². The summed E-state index contributed by atoms with van der Waals surface area (Å²) in [5, 5.41) is 9.22. The molecule has 1 fully saturated rings. The van der Waals surface area contributed by atoms with Gasteiger partial charge in [-0.15, -0.1) is 0 Å². The van der Waals surface area contributed by atoms with Crippen molar-refractivity contribution < 1.29 is 23.8 Å². The van der Waals surface area contributed by atoms with Gasteiger partial charge in [0.25, 0.3) is 0 Å². The number of ether oxygens (including phenoxy) is 2. The first-order chi connectivity index (χ1) is 8.13.